The van der Waals surface area contributed by atoms with Gasteiger partial charge in [-0.2, -0.15) is 5.26 Å². The van der Waals surface area contributed by atoms with Crippen molar-refractivity contribution in [3.8, 4) is 6.07 Å². The van der Waals surface area contributed by atoms with Gasteiger partial charge >= 0.3 is 0 Å². The molecule has 0 radical (unpaired) electrons. The molecule has 0 saturated carbocycles. The molecule has 30 heavy (non-hydrogen) atoms. The number of benzene rings is 2. The molecule has 1 atom stereocenters. The van der Waals surface area contributed by atoms with Crippen LogP contribution in [0, 0.1) is 17.2 Å². The molecule has 2 aromatic carbocycles. The summed E-state index contributed by atoms with van der Waals surface area (Å²) >= 11 is 0. The number of nitrogens with zero attached hydrogens (tertiary/aromatic N) is 4. The highest BCUT2D eigenvalue weighted by Crippen LogP contribution is 2.23. The molecule has 0 N–H and O–H groups in total. The second kappa shape index (κ2) is 10.0. The Morgan fingerprint density at radius 2 is 1.77 bits per heavy atom. The second-order valence-electron chi connectivity index (χ2n) is 8.03. The van der Waals surface area contributed by atoms with Crippen LogP contribution < -0.4 is 0 Å². The van der Waals surface area contributed by atoms with Crippen LogP contribution in [-0.2, 0) is 22.7 Å². The molecule has 2 amide bonds. The van der Waals surface area contributed by atoms with E-state index in [2.05, 4.69) is 6.07 Å². The SMILES string of the molecule is CN(C)CCN(Cc1ccc(C#N)cc1)C(=O)C1CC(=O)N(Cc2ccccc2)C1. The Hall–Kier alpha value is -3.17. The molecule has 0 aliphatic carbocycles. The third kappa shape index (κ3) is 5.68. The van der Waals surface area contributed by atoms with Crippen LogP contribution >= 0.6 is 0 Å². The summed E-state index contributed by atoms with van der Waals surface area (Å²) in [5.74, 6) is -0.269. The van der Waals surface area contributed by atoms with E-state index < -0.39 is 0 Å². The number of likely N-dealkylation sites (tertiary alicyclic amines) is 1. The lowest BCUT2D eigenvalue weighted by Crippen LogP contribution is -2.40. The summed E-state index contributed by atoms with van der Waals surface area (Å²) in [7, 11) is 3.95. The highest BCUT2D eigenvalue weighted by Gasteiger charge is 2.36. The third-order valence-electron chi connectivity index (χ3n) is 5.37. The zero-order chi connectivity index (χ0) is 21.5. The second-order valence-corrected chi connectivity index (χ2v) is 8.03. The summed E-state index contributed by atoms with van der Waals surface area (Å²) < 4.78 is 0. The minimum absolute atomic E-state index is 0.0186. The zero-order valence-electron chi connectivity index (χ0n) is 17.6. The van der Waals surface area contributed by atoms with Gasteiger partial charge in [-0.1, -0.05) is 42.5 Å². The standard InChI is InChI=1S/C24H28N4O2/c1-26(2)12-13-27(16-21-10-8-19(15-25)9-11-21)24(30)22-14-23(29)28(18-22)17-20-6-4-3-5-7-20/h3-11,22H,12-14,16-18H2,1-2H3. The molecule has 1 unspecified atom stereocenters. The van der Waals surface area contributed by atoms with Gasteiger partial charge in [0.15, 0.2) is 0 Å². The Kier molecular flexibility index (Phi) is 7.21. The first-order chi connectivity index (χ1) is 14.5. The highest BCUT2D eigenvalue weighted by molar-refractivity contribution is 5.89. The summed E-state index contributed by atoms with van der Waals surface area (Å²) in [5, 5.41) is 8.99. The molecule has 1 heterocycles. The van der Waals surface area contributed by atoms with Crippen LogP contribution in [0.3, 0.4) is 0 Å². The van der Waals surface area contributed by atoms with E-state index in [1.807, 2.05) is 66.4 Å². The van der Waals surface area contributed by atoms with E-state index in [-0.39, 0.29) is 24.2 Å². The van der Waals surface area contributed by atoms with Gasteiger partial charge < -0.3 is 14.7 Å². The van der Waals surface area contributed by atoms with Crippen molar-refractivity contribution in [2.45, 2.75) is 19.5 Å². The van der Waals surface area contributed by atoms with E-state index in [4.69, 9.17) is 5.26 Å². The van der Waals surface area contributed by atoms with Gasteiger partial charge in [0.2, 0.25) is 11.8 Å². The number of hydrogen-bond donors (Lipinski definition) is 0. The van der Waals surface area contributed by atoms with Crippen molar-refractivity contribution in [1.82, 2.24) is 14.7 Å². The molecular formula is C24H28N4O2. The third-order valence-corrected chi connectivity index (χ3v) is 5.37. The fraction of sp³-hybridized carbons (Fsp3) is 0.375. The van der Waals surface area contributed by atoms with Crippen molar-refractivity contribution >= 4 is 11.8 Å². The van der Waals surface area contributed by atoms with E-state index in [9.17, 15) is 9.59 Å². The molecule has 0 spiro atoms. The van der Waals surface area contributed by atoms with E-state index in [0.717, 1.165) is 17.7 Å². The molecule has 2 aromatic rings. The van der Waals surface area contributed by atoms with Crippen molar-refractivity contribution in [3.05, 3.63) is 71.3 Å². The molecule has 1 aliphatic rings. The Balaban J connectivity index is 1.68. The normalized spacial score (nSPS) is 16.0. The number of nitriles is 1. The molecule has 6 nitrogen and oxygen atoms in total. The van der Waals surface area contributed by atoms with Gasteiger partial charge in [-0.3, -0.25) is 9.59 Å². The number of likely N-dealkylation sites (N-methyl/N-ethyl adjacent to an activating group) is 1. The molecule has 156 valence electrons. The average molecular weight is 405 g/mol. The van der Waals surface area contributed by atoms with Gasteiger partial charge in [-0.25, -0.2) is 0 Å². The smallest absolute Gasteiger partial charge is 0.228 e. The minimum Gasteiger partial charge on any atom is -0.338 e. The lowest BCUT2D eigenvalue weighted by atomic mass is 10.1. The van der Waals surface area contributed by atoms with Crippen LogP contribution in [0.15, 0.2) is 54.6 Å². The monoisotopic (exact) mass is 404 g/mol. The van der Waals surface area contributed by atoms with Crippen LogP contribution in [0.4, 0.5) is 0 Å². The maximum atomic E-state index is 13.3. The van der Waals surface area contributed by atoms with Crippen LogP contribution in [0.5, 0.6) is 0 Å². The van der Waals surface area contributed by atoms with E-state index in [1.165, 1.54) is 0 Å². The van der Waals surface area contributed by atoms with Gasteiger partial charge in [-0.05, 0) is 37.4 Å². The maximum Gasteiger partial charge on any atom is 0.228 e. The molecule has 0 aromatic heterocycles. The number of amides is 2. The summed E-state index contributed by atoms with van der Waals surface area (Å²) in [4.78, 5) is 31.5. The van der Waals surface area contributed by atoms with Crippen molar-refractivity contribution in [2.75, 3.05) is 33.7 Å². The lowest BCUT2D eigenvalue weighted by molar-refractivity contribution is -0.136. The summed E-state index contributed by atoms with van der Waals surface area (Å²) in [6.45, 7) is 2.81. The van der Waals surface area contributed by atoms with Gasteiger partial charge in [0.1, 0.15) is 0 Å². The Bertz CT molecular complexity index is 903. The summed E-state index contributed by atoms with van der Waals surface area (Å²) in [6, 6.07) is 19.3. The molecule has 0 bridgehead atoms. The van der Waals surface area contributed by atoms with E-state index in [0.29, 0.717) is 31.7 Å². The fourth-order valence-electron chi connectivity index (χ4n) is 3.65. The summed E-state index contributed by atoms with van der Waals surface area (Å²) in [6.07, 6.45) is 0.261. The van der Waals surface area contributed by atoms with Crippen molar-refractivity contribution in [1.29, 1.82) is 5.26 Å². The lowest BCUT2D eigenvalue weighted by Gasteiger charge is -2.27. The van der Waals surface area contributed by atoms with Gasteiger partial charge in [0.25, 0.3) is 0 Å². The van der Waals surface area contributed by atoms with Crippen LogP contribution in [0.1, 0.15) is 23.1 Å². The van der Waals surface area contributed by atoms with Crippen LogP contribution in [0.25, 0.3) is 0 Å². The first-order valence-corrected chi connectivity index (χ1v) is 10.2. The fourth-order valence-corrected chi connectivity index (χ4v) is 3.65. The maximum absolute atomic E-state index is 13.3. The Labute approximate surface area is 178 Å². The molecule has 1 fully saturated rings. The minimum atomic E-state index is -0.318. The van der Waals surface area contributed by atoms with Crippen LogP contribution in [-0.4, -0.2) is 60.2 Å². The number of hydrogen-bond acceptors (Lipinski definition) is 4. The molecular weight excluding hydrogens is 376 g/mol. The number of rotatable bonds is 8. The molecule has 3 rings (SSSR count). The van der Waals surface area contributed by atoms with Crippen LogP contribution in [0.2, 0.25) is 0 Å². The van der Waals surface area contributed by atoms with Crippen molar-refractivity contribution in [3.63, 3.8) is 0 Å². The number of carbonyl (C=O) groups excluding carboxylic acids is 2. The predicted octanol–water partition coefficient (Wildman–Crippen LogP) is 2.50. The average Bonchev–Trinajstić information content (AvgIpc) is 3.12. The first kappa shape index (κ1) is 21.5. The topological polar surface area (TPSA) is 67.6 Å². The number of carbonyl (C=O) groups is 2. The molecule has 1 aliphatic heterocycles. The quantitative estimate of drug-likeness (QED) is 0.678. The Morgan fingerprint density at radius 1 is 1.07 bits per heavy atom. The van der Waals surface area contributed by atoms with Crippen molar-refractivity contribution < 1.29 is 9.59 Å². The molecule has 1 saturated heterocycles. The van der Waals surface area contributed by atoms with Gasteiger partial charge in [-0.15, -0.1) is 0 Å². The largest absolute Gasteiger partial charge is 0.338 e. The molecule has 6 heteroatoms. The highest BCUT2D eigenvalue weighted by atomic mass is 16.2. The van der Waals surface area contributed by atoms with Gasteiger partial charge in [0, 0.05) is 39.1 Å². The summed E-state index contributed by atoms with van der Waals surface area (Å²) in [5.41, 5.74) is 2.65. The van der Waals surface area contributed by atoms with E-state index >= 15 is 0 Å². The predicted molar refractivity (Wildman–Crippen MR) is 115 cm³/mol. The van der Waals surface area contributed by atoms with E-state index in [1.54, 1.807) is 17.0 Å². The Morgan fingerprint density at radius 3 is 2.40 bits per heavy atom. The van der Waals surface area contributed by atoms with Gasteiger partial charge in [0.05, 0.1) is 17.6 Å². The first-order valence-electron chi connectivity index (χ1n) is 10.2. The van der Waals surface area contributed by atoms with Crippen molar-refractivity contribution in [2.24, 2.45) is 5.92 Å². The zero-order valence-corrected chi connectivity index (χ0v) is 17.6.